The Morgan fingerprint density at radius 1 is 1.23 bits per heavy atom. The summed E-state index contributed by atoms with van der Waals surface area (Å²) in [6.07, 6.45) is -0.549. The molecule has 1 aromatic carbocycles. The standard InChI is InChI=1S/C18H27N5O3/c1-13(2)23-21-16(20-22-23)15(19-17(24)26-18(3,4)5)12-25-11-14-9-7-6-8-10-14/h6-10,13,15H,11-12H2,1-5H3,(H,19,24)/t15-/m0/s1. The molecule has 0 spiro atoms. The number of carbonyl (C=O) groups is 1. The second-order valence-corrected chi connectivity index (χ2v) is 7.26. The van der Waals surface area contributed by atoms with E-state index >= 15 is 0 Å². The van der Waals surface area contributed by atoms with Crippen LogP contribution in [0.4, 0.5) is 4.79 Å². The van der Waals surface area contributed by atoms with E-state index in [1.54, 1.807) is 20.8 Å². The van der Waals surface area contributed by atoms with E-state index in [-0.39, 0.29) is 12.6 Å². The number of nitrogens with zero attached hydrogens (tertiary/aromatic N) is 4. The Labute approximate surface area is 153 Å². The molecule has 142 valence electrons. The van der Waals surface area contributed by atoms with E-state index in [2.05, 4.69) is 20.7 Å². The van der Waals surface area contributed by atoms with Crippen LogP contribution < -0.4 is 5.32 Å². The maximum Gasteiger partial charge on any atom is 0.408 e. The lowest BCUT2D eigenvalue weighted by molar-refractivity contribution is 0.0420. The molecule has 1 amide bonds. The van der Waals surface area contributed by atoms with Gasteiger partial charge in [-0.25, -0.2) is 4.79 Å². The van der Waals surface area contributed by atoms with Gasteiger partial charge in [-0.05, 0) is 45.4 Å². The third-order valence-corrected chi connectivity index (χ3v) is 3.30. The summed E-state index contributed by atoms with van der Waals surface area (Å²) in [7, 11) is 0. The molecule has 0 fully saturated rings. The quantitative estimate of drug-likeness (QED) is 0.815. The summed E-state index contributed by atoms with van der Waals surface area (Å²) in [6, 6.07) is 9.32. The lowest BCUT2D eigenvalue weighted by atomic mass is 10.2. The molecule has 1 atom stereocenters. The Morgan fingerprint density at radius 3 is 2.50 bits per heavy atom. The molecule has 8 heteroatoms. The number of nitrogens with one attached hydrogen (secondary N) is 1. The Balaban J connectivity index is 2.03. The molecule has 1 aromatic heterocycles. The molecule has 0 bridgehead atoms. The van der Waals surface area contributed by atoms with Crippen molar-refractivity contribution in [3.05, 3.63) is 41.7 Å². The van der Waals surface area contributed by atoms with E-state index in [1.807, 2.05) is 44.2 Å². The Hall–Kier alpha value is -2.48. The predicted octanol–water partition coefficient (Wildman–Crippen LogP) is 3.04. The van der Waals surface area contributed by atoms with E-state index < -0.39 is 17.7 Å². The highest BCUT2D eigenvalue weighted by Crippen LogP contribution is 2.13. The van der Waals surface area contributed by atoms with Crippen molar-refractivity contribution in [2.75, 3.05) is 6.61 Å². The minimum Gasteiger partial charge on any atom is -0.444 e. The maximum absolute atomic E-state index is 12.1. The van der Waals surface area contributed by atoms with Crippen molar-refractivity contribution < 1.29 is 14.3 Å². The van der Waals surface area contributed by atoms with Gasteiger partial charge in [-0.2, -0.15) is 4.80 Å². The molecule has 0 aliphatic rings. The van der Waals surface area contributed by atoms with Crippen molar-refractivity contribution in [1.29, 1.82) is 0 Å². The second-order valence-electron chi connectivity index (χ2n) is 7.26. The van der Waals surface area contributed by atoms with Gasteiger partial charge in [0.25, 0.3) is 0 Å². The van der Waals surface area contributed by atoms with Crippen LogP contribution in [0.1, 0.15) is 58.1 Å². The zero-order chi connectivity index (χ0) is 19.2. The number of alkyl carbamates (subject to hydrolysis) is 1. The molecule has 0 saturated carbocycles. The highest BCUT2D eigenvalue weighted by atomic mass is 16.6. The first-order valence-electron chi connectivity index (χ1n) is 8.65. The number of hydrogen-bond donors (Lipinski definition) is 1. The van der Waals surface area contributed by atoms with Crippen LogP contribution in [0, 0.1) is 0 Å². The highest BCUT2D eigenvalue weighted by molar-refractivity contribution is 5.68. The third-order valence-electron chi connectivity index (χ3n) is 3.30. The number of amides is 1. The van der Waals surface area contributed by atoms with Crippen molar-refractivity contribution in [2.24, 2.45) is 0 Å². The number of benzene rings is 1. The largest absolute Gasteiger partial charge is 0.444 e. The Bertz CT molecular complexity index is 694. The van der Waals surface area contributed by atoms with Crippen LogP contribution in [0.5, 0.6) is 0 Å². The summed E-state index contributed by atoms with van der Waals surface area (Å²) in [4.78, 5) is 13.6. The first-order valence-corrected chi connectivity index (χ1v) is 8.65. The van der Waals surface area contributed by atoms with E-state index in [1.165, 1.54) is 4.80 Å². The summed E-state index contributed by atoms with van der Waals surface area (Å²) in [5.74, 6) is 0.387. The van der Waals surface area contributed by atoms with E-state index in [0.717, 1.165) is 5.56 Å². The van der Waals surface area contributed by atoms with Crippen molar-refractivity contribution >= 4 is 6.09 Å². The van der Waals surface area contributed by atoms with Crippen molar-refractivity contribution in [2.45, 2.75) is 58.9 Å². The van der Waals surface area contributed by atoms with E-state index in [9.17, 15) is 4.79 Å². The van der Waals surface area contributed by atoms with Crippen LogP contribution in [-0.4, -0.2) is 38.5 Å². The molecule has 2 rings (SSSR count). The summed E-state index contributed by atoms with van der Waals surface area (Å²) in [6.45, 7) is 9.95. The van der Waals surface area contributed by atoms with Gasteiger partial charge in [-0.1, -0.05) is 30.3 Å². The third kappa shape index (κ3) is 6.44. The lowest BCUT2D eigenvalue weighted by Gasteiger charge is -2.22. The first-order chi connectivity index (χ1) is 12.2. The van der Waals surface area contributed by atoms with Gasteiger partial charge in [0, 0.05) is 0 Å². The highest BCUT2D eigenvalue weighted by Gasteiger charge is 2.24. The lowest BCUT2D eigenvalue weighted by Crippen LogP contribution is -2.37. The topological polar surface area (TPSA) is 91.2 Å². The molecular weight excluding hydrogens is 334 g/mol. The summed E-state index contributed by atoms with van der Waals surface area (Å²) in [5.41, 5.74) is 0.449. The van der Waals surface area contributed by atoms with Crippen LogP contribution >= 0.6 is 0 Å². The number of carbonyl (C=O) groups excluding carboxylic acids is 1. The minimum absolute atomic E-state index is 0.0728. The molecule has 0 aliphatic heterocycles. The minimum atomic E-state index is -0.595. The van der Waals surface area contributed by atoms with E-state index in [4.69, 9.17) is 9.47 Å². The summed E-state index contributed by atoms with van der Waals surface area (Å²) in [5, 5.41) is 15.2. The molecule has 26 heavy (non-hydrogen) atoms. The molecule has 0 radical (unpaired) electrons. The van der Waals surface area contributed by atoms with Crippen LogP contribution in [0.15, 0.2) is 30.3 Å². The maximum atomic E-state index is 12.1. The van der Waals surface area contributed by atoms with Gasteiger partial charge >= 0.3 is 6.09 Å². The van der Waals surface area contributed by atoms with Gasteiger partial charge in [0.15, 0.2) is 5.82 Å². The number of tetrazole rings is 1. The molecule has 0 aliphatic carbocycles. The smallest absolute Gasteiger partial charge is 0.408 e. The van der Waals surface area contributed by atoms with Gasteiger partial charge in [0.05, 0.1) is 19.3 Å². The predicted molar refractivity (Wildman–Crippen MR) is 96.4 cm³/mol. The Kier molecular flexibility index (Phi) is 6.68. The molecule has 0 saturated heterocycles. The van der Waals surface area contributed by atoms with Gasteiger partial charge < -0.3 is 14.8 Å². The number of aromatic nitrogens is 4. The average Bonchev–Trinajstić information content (AvgIpc) is 3.03. The van der Waals surface area contributed by atoms with Crippen LogP contribution in [-0.2, 0) is 16.1 Å². The van der Waals surface area contributed by atoms with Gasteiger partial charge in [0.1, 0.15) is 11.6 Å². The Morgan fingerprint density at radius 2 is 1.92 bits per heavy atom. The normalized spacial score (nSPS) is 12.8. The monoisotopic (exact) mass is 361 g/mol. The fraction of sp³-hybridized carbons (Fsp3) is 0.556. The SMILES string of the molecule is CC(C)n1nnc([C@H](COCc2ccccc2)NC(=O)OC(C)(C)C)n1. The molecule has 2 aromatic rings. The van der Waals surface area contributed by atoms with Crippen LogP contribution in [0.3, 0.4) is 0 Å². The molecular formula is C18H27N5O3. The summed E-state index contributed by atoms with van der Waals surface area (Å²) < 4.78 is 11.1. The number of ether oxygens (including phenoxy) is 2. The zero-order valence-electron chi connectivity index (χ0n) is 16.0. The van der Waals surface area contributed by atoms with Gasteiger partial charge in [-0.3, -0.25) is 0 Å². The van der Waals surface area contributed by atoms with E-state index in [0.29, 0.717) is 12.4 Å². The van der Waals surface area contributed by atoms with Crippen molar-refractivity contribution in [3.63, 3.8) is 0 Å². The van der Waals surface area contributed by atoms with Crippen molar-refractivity contribution in [1.82, 2.24) is 25.5 Å². The molecule has 1 heterocycles. The first kappa shape index (κ1) is 19.8. The zero-order valence-corrected chi connectivity index (χ0v) is 16.0. The average molecular weight is 361 g/mol. The number of hydrogen-bond acceptors (Lipinski definition) is 6. The number of rotatable bonds is 7. The van der Waals surface area contributed by atoms with Crippen molar-refractivity contribution in [3.8, 4) is 0 Å². The second kappa shape index (κ2) is 8.75. The van der Waals surface area contributed by atoms with Crippen LogP contribution in [0.2, 0.25) is 0 Å². The van der Waals surface area contributed by atoms with Gasteiger partial charge in [-0.15, -0.1) is 10.2 Å². The van der Waals surface area contributed by atoms with Gasteiger partial charge in [0.2, 0.25) is 0 Å². The molecule has 1 N–H and O–H groups in total. The molecule has 8 nitrogen and oxygen atoms in total. The fourth-order valence-electron chi connectivity index (χ4n) is 2.09. The molecule has 0 unspecified atom stereocenters. The fourth-order valence-corrected chi connectivity index (χ4v) is 2.09. The summed E-state index contributed by atoms with van der Waals surface area (Å²) >= 11 is 0. The van der Waals surface area contributed by atoms with Crippen LogP contribution in [0.25, 0.3) is 0 Å².